The Balaban J connectivity index is 2.20. The zero-order chi connectivity index (χ0) is 17.3. The summed E-state index contributed by atoms with van der Waals surface area (Å²) in [6.07, 6.45) is 12.4. The lowest BCUT2D eigenvalue weighted by Gasteiger charge is -2.35. The highest BCUT2D eigenvalue weighted by molar-refractivity contribution is 5.51. The van der Waals surface area contributed by atoms with E-state index in [0.29, 0.717) is 0 Å². The van der Waals surface area contributed by atoms with E-state index >= 15 is 0 Å². The van der Waals surface area contributed by atoms with Crippen LogP contribution in [0.4, 0.5) is 0 Å². The lowest BCUT2D eigenvalue weighted by Crippen LogP contribution is -2.36. The van der Waals surface area contributed by atoms with E-state index in [0.717, 1.165) is 0 Å². The highest BCUT2D eigenvalue weighted by atomic mass is 15.2. The zero-order valence-electron chi connectivity index (χ0n) is 15.2. The minimum absolute atomic E-state index is 0.0899. The first kappa shape index (κ1) is 18.1. The topological polar surface area (TPSA) is 3.24 Å². The smallest absolute Gasteiger partial charge is 0.0383 e. The molecule has 0 aliphatic carbocycles. The molecule has 0 fully saturated rings. The van der Waals surface area contributed by atoms with Crippen molar-refractivity contribution in [3.05, 3.63) is 84.2 Å². The molecule has 0 heterocycles. The maximum absolute atomic E-state index is 2.34. The van der Waals surface area contributed by atoms with Crippen molar-refractivity contribution >= 4 is 12.2 Å². The van der Waals surface area contributed by atoms with E-state index in [-0.39, 0.29) is 5.54 Å². The van der Waals surface area contributed by atoms with Gasteiger partial charge in [0.1, 0.15) is 0 Å². The van der Waals surface area contributed by atoms with E-state index in [1.165, 1.54) is 30.4 Å². The van der Waals surface area contributed by atoms with Crippen LogP contribution in [0.5, 0.6) is 0 Å². The number of hydrogen-bond acceptors (Lipinski definition) is 1. The Bertz CT molecular complexity index is 589. The number of rotatable bonds is 8. The summed E-state index contributed by atoms with van der Waals surface area (Å²) in [6, 6.07) is 20.9. The van der Waals surface area contributed by atoms with E-state index in [2.05, 4.69) is 111 Å². The Kier molecular flexibility index (Phi) is 6.87. The van der Waals surface area contributed by atoms with Gasteiger partial charge in [-0.1, -0.05) is 80.4 Å². The zero-order valence-corrected chi connectivity index (χ0v) is 15.2. The van der Waals surface area contributed by atoms with Gasteiger partial charge in [-0.3, -0.25) is 0 Å². The van der Waals surface area contributed by atoms with Gasteiger partial charge in [0.15, 0.2) is 0 Å². The Morgan fingerprint density at radius 1 is 0.792 bits per heavy atom. The number of nitrogens with zero attached hydrogens (tertiary/aromatic N) is 1. The quantitative estimate of drug-likeness (QED) is 0.530. The molecule has 2 aromatic rings. The standard InChI is InChI=1S/C23H29N/c1-4-5-18-23(2,3)24(19-16-21-12-8-6-9-13-21)20-17-22-14-10-7-11-15-22/h6-17,19-20H,4-5,18H2,1-3H3. The van der Waals surface area contributed by atoms with Crippen LogP contribution in [0.15, 0.2) is 73.1 Å². The molecule has 0 aliphatic rings. The third kappa shape index (κ3) is 5.73. The molecule has 0 radical (unpaired) electrons. The van der Waals surface area contributed by atoms with Gasteiger partial charge in [0.25, 0.3) is 0 Å². The first-order chi connectivity index (χ1) is 11.6. The van der Waals surface area contributed by atoms with E-state index < -0.39 is 0 Å². The summed E-state index contributed by atoms with van der Waals surface area (Å²) in [5.74, 6) is 0. The van der Waals surface area contributed by atoms with Crippen LogP contribution in [0.3, 0.4) is 0 Å². The van der Waals surface area contributed by atoms with Crippen LogP contribution >= 0.6 is 0 Å². The van der Waals surface area contributed by atoms with E-state index in [1.807, 2.05) is 0 Å². The molecule has 0 saturated heterocycles. The second kappa shape index (κ2) is 9.12. The summed E-state index contributed by atoms with van der Waals surface area (Å²) in [6.45, 7) is 6.88. The fourth-order valence-corrected chi connectivity index (χ4v) is 2.65. The van der Waals surface area contributed by atoms with Gasteiger partial charge in [0.05, 0.1) is 0 Å². The van der Waals surface area contributed by atoms with Gasteiger partial charge >= 0.3 is 0 Å². The first-order valence-electron chi connectivity index (χ1n) is 8.87. The molecule has 24 heavy (non-hydrogen) atoms. The summed E-state index contributed by atoms with van der Waals surface area (Å²) >= 11 is 0. The molecule has 126 valence electrons. The van der Waals surface area contributed by atoms with Crippen molar-refractivity contribution in [3.8, 4) is 0 Å². The van der Waals surface area contributed by atoms with Crippen LogP contribution in [-0.2, 0) is 0 Å². The molecule has 0 atom stereocenters. The number of benzene rings is 2. The second-order valence-electron chi connectivity index (χ2n) is 6.78. The van der Waals surface area contributed by atoms with Crippen molar-refractivity contribution in [2.45, 2.75) is 45.6 Å². The van der Waals surface area contributed by atoms with Crippen molar-refractivity contribution in [2.24, 2.45) is 0 Å². The summed E-state index contributed by atoms with van der Waals surface area (Å²) in [5, 5.41) is 0. The maximum Gasteiger partial charge on any atom is 0.0383 e. The summed E-state index contributed by atoms with van der Waals surface area (Å²) in [7, 11) is 0. The van der Waals surface area contributed by atoms with E-state index in [4.69, 9.17) is 0 Å². The van der Waals surface area contributed by atoms with Gasteiger partial charge in [-0.15, -0.1) is 0 Å². The van der Waals surface area contributed by atoms with Crippen molar-refractivity contribution < 1.29 is 0 Å². The SMILES string of the molecule is CCCCC(C)(C)N(C=Cc1ccccc1)C=Cc1ccccc1. The molecule has 1 heteroatoms. The Morgan fingerprint density at radius 3 is 1.67 bits per heavy atom. The third-order valence-corrected chi connectivity index (χ3v) is 4.30. The third-order valence-electron chi connectivity index (χ3n) is 4.30. The maximum atomic E-state index is 2.34. The first-order valence-corrected chi connectivity index (χ1v) is 8.87. The predicted molar refractivity (Wildman–Crippen MR) is 106 cm³/mol. The molecule has 0 aliphatic heterocycles. The van der Waals surface area contributed by atoms with Gasteiger partial charge in [0, 0.05) is 17.9 Å². The van der Waals surface area contributed by atoms with Crippen molar-refractivity contribution in [2.75, 3.05) is 0 Å². The molecular weight excluding hydrogens is 290 g/mol. The average Bonchev–Trinajstić information content (AvgIpc) is 2.61. The molecule has 0 bridgehead atoms. The Hall–Kier alpha value is -2.28. The van der Waals surface area contributed by atoms with Crippen molar-refractivity contribution in [3.63, 3.8) is 0 Å². The lowest BCUT2D eigenvalue weighted by molar-refractivity contribution is 0.233. The Labute approximate surface area is 147 Å². The van der Waals surface area contributed by atoms with Crippen LogP contribution < -0.4 is 0 Å². The minimum Gasteiger partial charge on any atom is -0.349 e. The molecule has 2 aromatic carbocycles. The lowest BCUT2D eigenvalue weighted by atomic mass is 9.95. The van der Waals surface area contributed by atoms with Gasteiger partial charge in [-0.05, 0) is 43.5 Å². The normalized spacial score (nSPS) is 12.1. The summed E-state index contributed by atoms with van der Waals surface area (Å²) in [4.78, 5) is 2.34. The minimum atomic E-state index is 0.0899. The molecular formula is C23H29N. The monoisotopic (exact) mass is 319 g/mol. The highest BCUT2D eigenvalue weighted by Crippen LogP contribution is 2.24. The van der Waals surface area contributed by atoms with Crippen LogP contribution in [0.1, 0.15) is 51.2 Å². The molecule has 0 amide bonds. The number of hydrogen-bond donors (Lipinski definition) is 0. The molecule has 0 unspecified atom stereocenters. The van der Waals surface area contributed by atoms with Crippen LogP contribution in [0.2, 0.25) is 0 Å². The van der Waals surface area contributed by atoms with Gasteiger partial charge in [-0.25, -0.2) is 0 Å². The van der Waals surface area contributed by atoms with Crippen molar-refractivity contribution in [1.82, 2.24) is 4.90 Å². The molecule has 0 saturated carbocycles. The number of unbranched alkanes of at least 4 members (excludes halogenated alkanes) is 1. The molecule has 0 spiro atoms. The fraction of sp³-hybridized carbons (Fsp3) is 0.304. The highest BCUT2D eigenvalue weighted by Gasteiger charge is 2.21. The Morgan fingerprint density at radius 2 is 1.25 bits per heavy atom. The summed E-state index contributed by atoms with van der Waals surface area (Å²) < 4.78 is 0. The van der Waals surface area contributed by atoms with Gasteiger partial charge in [-0.2, -0.15) is 0 Å². The van der Waals surface area contributed by atoms with Crippen LogP contribution in [-0.4, -0.2) is 10.4 Å². The molecule has 1 nitrogen and oxygen atoms in total. The second-order valence-corrected chi connectivity index (χ2v) is 6.78. The van der Waals surface area contributed by atoms with E-state index in [1.54, 1.807) is 0 Å². The van der Waals surface area contributed by atoms with Crippen molar-refractivity contribution in [1.29, 1.82) is 0 Å². The molecule has 0 N–H and O–H groups in total. The largest absolute Gasteiger partial charge is 0.349 e. The fourth-order valence-electron chi connectivity index (χ4n) is 2.65. The molecule has 0 aromatic heterocycles. The van der Waals surface area contributed by atoms with Crippen LogP contribution in [0.25, 0.3) is 12.2 Å². The van der Waals surface area contributed by atoms with Gasteiger partial charge < -0.3 is 4.90 Å². The average molecular weight is 319 g/mol. The van der Waals surface area contributed by atoms with Gasteiger partial charge in [0.2, 0.25) is 0 Å². The molecule has 2 rings (SSSR count). The summed E-state index contributed by atoms with van der Waals surface area (Å²) in [5.41, 5.74) is 2.54. The van der Waals surface area contributed by atoms with E-state index in [9.17, 15) is 0 Å². The predicted octanol–water partition coefficient (Wildman–Crippen LogP) is 6.60. The van der Waals surface area contributed by atoms with Crippen LogP contribution in [0, 0.1) is 0 Å².